The standard InChI is InChI=1S/C21H20N4O2S/c26-17(23-20(27)22-16-11-12-16)13-28-21-24-18(14-7-3-1-4-8-14)19(25-21)15-9-5-2-6-10-15/h1-10,16H,11-13H2,(H,24,25)(H2,22,23,26,27). The van der Waals surface area contributed by atoms with Crippen LogP contribution < -0.4 is 10.6 Å². The Morgan fingerprint density at radius 3 is 2.29 bits per heavy atom. The van der Waals surface area contributed by atoms with Gasteiger partial charge < -0.3 is 10.3 Å². The van der Waals surface area contributed by atoms with Crippen molar-refractivity contribution in [3.8, 4) is 22.5 Å². The summed E-state index contributed by atoms with van der Waals surface area (Å²) < 4.78 is 0. The average molecular weight is 392 g/mol. The van der Waals surface area contributed by atoms with E-state index in [2.05, 4.69) is 15.6 Å². The van der Waals surface area contributed by atoms with E-state index in [0.717, 1.165) is 35.4 Å². The van der Waals surface area contributed by atoms with Crippen molar-refractivity contribution in [2.75, 3.05) is 5.75 Å². The third-order valence-electron chi connectivity index (χ3n) is 4.30. The van der Waals surface area contributed by atoms with E-state index in [4.69, 9.17) is 4.98 Å². The maximum Gasteiger partial charge on any atom is 0.321 e. The van der Waals surface area contributed by atoms with Crippen molar-refractivity contribution in [3.63, 3.8) is 0 Å². The summed E-state index contributed by atoms with van der Waals surface area (Å²) in [5.74, 6) is -0.240. The lowest BCUT2D eigenvalue weighted by Crippen LogP contribution is -2.41. The molecule has 0 unspecified atom stereocenters. The molecule has 0 aliphatic heterocycles. The zero-order chi connectivity index (χ0) is 19.3. The second-order valence-electron chi connectivity index (χ2n) is 6.58. The zero-order valence-corrected chi connectivity index (χ0v) is 16.0. The average Bonchev–Trinajstić information content (AvgIpc) is 3.42. The van der Waals surface area contributed by atoms with Gasteiger partial charge >= 0.3 is 6.03 Å². The summed E-state index contributed by atoms with van der Waals surface area (Å²) in [6.07, 6.45) is 1.96. The van der Waals surface area contributed by atoms with E-state index in [1.807, 2.05) is 60.7 Å². The monoisotopic (exact) mass is 392 g/mol. The fraction of sp³-hybridized carbons (Fsp3) is 0.190. The number of amides is 3. The van der Waals surface area contributed by atoms with Crippen molar-refractivity contribution in [1.82, 2.24) is 20.6 Å². The third-order valence-corrected chi connectivity index (χ3v) is 5.17. The quantitative estimate of drug-likeness (QED) is 0.557. The first kappa shape index (κ1) is 18.3. The minimum absolute atomic E-state index is 0.105. The van der Waals surface area contributed by atoms with Gasteiger partial charge in [-0.15, -0.1) is 0 Å². The lowest BCUT2D eigenvalue weighted by molar-refractivity contribution is -0.117. The molecule has 1 heterocycles. The number of aromatic amines is 1. The van der Waals surface area contributed by atoms with E-state index < -0.39 is 6.03 Å². The van der Waals surface area contributed by atoms with Gasteiger partial charge in [-0.05, 0) is 12.8 Å². The number of imidazole rings is 1. The number of carbonyl (C=O) groups excluding carboxylic acids is 2. The molecule has 142 valence electrons. The molecule has 1 aromatic heterocycles. The van der Waals surface area contributed by atoms with Crippen LogP contribution in [0.3, 0.4) is 0 Å². The molecule has 7 heteroatoms. The number of carbonyl (C=O) groups is 2. The molecular weight excluding hydrogens is 372 g/mol. The molecule has 0 atom stereocenters. The second kappa shape index (κ2) is 8.31. The molecule has 0 saturated heterocycles. The third kappa shape index (κ3) is 4.61. The first-order valence-electron chi connectivity index (χ1n) is 9.13. The molecule has 1 aliphatic rings. The van der Waals surface area contributed by atoms with Gasteiger partial charge in [0.05, 0.1) is 17.1 Å². The Balaban J connectivity index is 1.49. The molecule has 3 N–H and O–H groups in total. The van der Waals surface area contributed by atoms with Crippen LogP contribution in [0.4, 0.5) is 4.79 Å². The van der Waals surface area contributed by atoms with Gasteiger partial charge in [0.15, 0.2) is 5.16 Å². The lowest BCUT2D eigenvalue weighted by Gasteiger charge is -2.04. The molecule has 2 aromatic carbocycles. The molecule has 1 fully saturated rings. The minimum Gasteiger partial charge on any atom is -0.335 e. The van der Waals surface area contributed by atoms with E-state index in [1.54, 1.807) is 0 Å². The molecule has 0 radical (unpaired) electrons. The van der Waals surface area contributed by atoms with Crippen LogP contribution in [0.15, 0.2) is 65.8 Å². The molecule has 0 spiro atoms. The van der Waals surface area contributed by atoms with Crippen molar-refractivity contribution in [3.05, 3.63) is 60.7 Å². The summed E-state index contributed by atoms with van der Waals surface area (Å²) in [6, 6.07) is 19.7. The highest BCUT2D eigenvalue weighted by atomic mass is 32.2. The molecule has 4 rings (SSSR count). The number of benzene rings is 2. The van der Waals surface area contributed by atoms with E-state index in [1.165, 1.54) is 11.8 Å². The predicted molar refractivity (Wildman–Crippen MR) is 110 cm³/mol. The summed E-state index contributed by atoms with van der Waals surface area (Å²) >= 11 is 1.27. The largest absolute Gasteiger partial charge is 0.335 e. The van der Waals surface area contributed by atoms with Gasteiger partial charge in [0.2, 0.25) is 5.91 Å². The minimum atomic E-state index is -0.428. The van der Waals surface area contributed by atoms with Crippen molar-refractivity contribution >= 4 is 23.7 Å². The summed E-state index contributed by atoms with van der Waals surface area (Å²) in [5.41, 5.74) is 3.76. The van der Waals surface area contributed by atoms with Gasteiger partial charge in [0, 0.05) is 17.2 Å². The van der Waals surface area contributed by atoms with Gasteiger partial charge in [0.1, 0.15) is 0 Å². The number of rotatable bonds is 6. The Morgan fingerprint density at radius 1 is 1.00 bits per heavy atom. The number of urea groups is 1. The highest BCUT2D eigenvalue weighted by Gasteiger charge is 2.24. The fourth-order valence-electron chi connectivity index (χ4n) is 2.78. The Morgan fingerprint density at radius 2 is 1.64 bits per heavy atom. The summed E-state index contributed by atoms with van der Waals surface area (Å²) in [4.78, 5) is 31.7. The maximum atomic E-state index is 12.0. The summed E-state index contributed by atoms with van der Waals surface area (Å²) in [6.45, 7) is 0. The number of hydrogen-bond donors (Lipinski definition) is 3. The van der Waals surface area contributed by atoms with Crippen molar-refractivity contribution in [2.45, 2.75) is 24.0 Å². The van der Waals surface area contributed by atoms with Crippen LogP contribution in [0.1, 0.15) is 12.8 Å². The Bertz CT molecular complexity index is 912. The van der Waals surface area contributed by atoms with Gasteiger partial charge in [0.25, 0.3) is 0 Å². The molecule has 6 nitrogen and oxygen atoms in total. The van der Waals surface area contributed by atoms with E-state index >= 15 is 0 Å². The second-order valence-corrected chi connectivity index (χ2v) is 7.55. The van der Waals surface area contributed by atoms with Crippen LogP contribution >= 0.6 is 11.8 Å². The smallest absolute Gasteiger partial charge is 0.321 e. The summed E-state index contributed by atoms with van der Waals surface area (Å²) in [5, 5.41) is 5.73. The molecule has 0 bridgehead atoms. The zero-order valence-electron chi connectivity index (χ0n) is 15.1. The molecule has 1 aliphatic carbocycles. The number of imide groups is 1. The number of hydrogen-bond acceptors (Lipinski definition) is 4. The van der Waals surface area contributed by atoms with Crippen LogP contribution in [0.25, 0.3) is 22.5 Å². The Kier molecular flexibility index (Phi) is 5.43. The molecule has 3 aromatic rings. The first-order chi connectivity index (χ1) is 13.7. The van der Waals surface area contributed by atoms with Crippen molar-refractivity contribution in [2.24, 2.45) is 0 Å². The van der Waals surface area contributed by atoms with Crippen LogP contribution in [0.5, 0.6) is 0 Å². The van der Waals surface area contributed by atoms with Crippen molar-refractivity contribution in [1.29, 1.82) is 0 Å². The van der Waals surface area contributed by atoms with Crippen LogP contribution in [-0.4, -0.2) is 33.7 Å². The maximum absolute atomic E-state index is 12.0. The van der Waals surface area contributed by atoms with Crippen LogP contribution in [-0.2, 0) is 4.79 Å². The number of aromatic nitrogens is 2. The van der Waals surface area contributed by atoms with Crippen LogP contribution in [0, 0.1) is 0 Å². The summed E-state index contributed by atoms with van der Waals surface area (Å²) in [7, 11) is 0. The van der Waals surface area contributed by atoms with Gasteiger partial charge in [-0.1, -0.05) is 72.4 Å². The predicted octanol–water partition coefficient (Wildman–Crippen LogP) is 3.82. The van der Waals surface area contributed by atoms with Crippen molar-refractivity contribution < 1.29 is 9.59 Å². The van der Waals surface area contributed by atoms with E-state index in [9.17, 15) is 9.59 Å². The highest BCUT2D eigenvalue weighted by Crippen LogP contribution is 2.32. The first-order valence-corrected chi connectivity index (χ1v) is 10.1. The van der Waals surface area contributed by atoms with Crippen LogP contribution in [0.2, 0.25) is 0 Å². The Labute approximate surface area is 167 Å². The number of thioether (sulfide) groups is 1. The van der Waals surface area contributed by atoms with E-state index in [-0.39, 0.29) is 17.7 Å². The molecule has 1 saturated carbocycles. The number of H-pyrrole nitrogens is 1. The van der Waals surface area contributed by atoms with Gasteiger partial charge in [-0.2, -0.15) is 0 Å². The highest BCUT2D eigenvalue weighted by molar-refractivity contribution is 7.99. The van der Waals surface area contributed by atoms with Gasteiger partial charge in [-0.3, -0.25) is 10.1 Å². The normalized spacial score (nSPS) is 13.1. The molecular formula is C21H20N4O2S. The topological polar surface area (TPSA) is 86.9 Å². The Hall–Kier alpha value is -3.06. The van der Waals surface area contributed by atoms with E-state index in [0.29, 0.717) is 5.16 Å². The number of nitrogens with one attached hydrogen (secondary N) is 3. The van der Waals surface area contributed by atoms with Gasteiger partial charge in [-0.25, -0.2) is 9.78 Å². The fourth-order valence-corrected chi connectivity index (χ4v) is 3.45. The number of nitrogens with zero attached hydrogens (tertiary/aromatic N) is 1. The molecule has 3 amide bonds. The molecule has 28 heavy (non-hydrogen) atoms. The lowest BCUT2D eigenvalue weighted by atomic mass is 10.1. The SMILES string of the molecule is O=C(CSc1nc(-c2ccccc2)c(-c2ccccc2)[nH]1)NC(=O)NC1CC1.